The summed E-state index contributed by atoms with van der Waals surface area (Å²) in [7, 11) is -1.40. The van der Waals surface area contributed by atoms with Gasteiger partial charge in [0.1, 0.15) is 0 Å². The van der Waals surface area contributed by atoms with Crippen LogP contribution in [0.4, 0.5) is 0 Å². The van der Waals surface area contributed by atoms with E-state index < -0.39 is 8.07 Å². The largest absolute Gasteiger partial charge is 0.309 e. The molecule has 0 spiro atoms. The molecule has 16 aromatic carbocycles. The van der Waals surface area contributed by atoms with E-state index in [1.165, 1.54) is 132 Å². The Hall–Kier alpha value is -14.9. The minimum absolute atomic E-state index is 0.0758. The summed E-state index contributed by atoms with van der Waals surface area (Å²) in [6.45, 7) is 13.9. The van der Waals surface area contributed by atoms with Gasteiger partial charge >= 0.3 is 0 Å². The highest BCUT2D eigenvalue weighted by Gasteiger charge is 2.23. The first kappa shape index (κ1) is 72.8. The van der Waals surface area contributed by atoms with Gasteiger partial charge in [0.2, 0.25) is 0 Å². The second-order valence-corrected chi connectivity index (χ2v) is 38.5. The number of hydrogen-bond donors (Lipinski definition) is 0. The standard InChI is InChI=1S/C56H42N4.C55H42N4Si/c1-56(2,3)42-28-22-37(23-29-42)49-36-50(58-55(57-49)39-14-6-4-7-15-39)38-24-30-44(31-25-38)60-52-21-13-11-19-46(52)48-35-41(27-33-54(48)60)40-26-32-53-47(34-40)45-18-10-12-20-51(45)59(53)43-16-8-5-9-17-43;1-60(2,3)44-30-28-43(29-31-44)59-52-21-13-11-19-46(52)48-35-41(25-33-54(48)59)40-24-32-53-47(34-40)45-18-10-12-20-51(45)58(53)42-26-22-38(23-27-42)50-36-49(37-14-6-4-7-15-37)56-55(57-50)39-16-8-5-9-17-39/h2*4-36H,1-3H3. The molecule has 6 aromatic heterocycles. The Morgan fingerprint density at radius 2 is 0.433 bits per heavy atom. The molecule has 0 aliphatic heterocycles. The molecule has 0 saturated heterocycles. The molecule has 120 heavy (non-hydrogen) atoms. The minimum Gasteiger partial charge on any atom is -0.309 e. The van der Waals surface area contributed by atoms with E-state index >= 15 is 0 Å². The fraction of sp³-hybridized carbons (Fsp3) is 0.0631. The third kappa shape index (κ3) is 13.2. The maximum Gasteiger partial charge on any atom is 0.160 e. The van der Waals surface area contributed by atoms with E-state index in [1.807, 2.05) is 42.5 Å². The zero-order valence-electron chi connectivity index (χ0n) is 67.7. The third-order valence-electron chi connectivity index (χ3n) is 23.8. The van der Waals surface area contributed by atoms with Gasteiger partial charge in [0, 0.05) is 99.2 Å². The number of benzene rings is 16. The van der Waals surface area contributed by atoms with E-state index in [0.717, 1.165) is 67.5 Å². The molecule has 572 valence electrons. The van der Waals surface area contributed by atoms with Crippen molar-refractivity contribution in [2.24, 2.45) is 0 Å². The summed E-state index contributed by atoms with van der Waals surface area (Å²) in [6.07, 6.45) is 0. The molecule has 9 heteroatoms. The summed E-state index contributed by atoms with van der Waals surface area (Å²) < 4.78 is 9.55. The third-order valence-corrected chi connectivity index (χ3v) is 25.9. The molecule has 0 radical (unpaired) electrons. The summed E-state index contributed by atoms with van der Waals surface area (Å²) in [5.41, 5.74) is 30.1. The molecule has 0 N–H and O–H groups in total. The Morgan fingerprint density at radius 3 is 0.733 bits per heavy atom. The van der Waals surface area contributed by atoms with Crippen molar-refractivity contribution in [2.45, 2.75) is 45.8 Å². The topological polar surface area (TPSA) is 71.3 Å². The first-order valence-electron chi connectivity index (χ1n) is 41.3. The molecular formula is C111H84N8Si. The highest BCUT2D eigenvalue weighted by atomic mass is 28.3. The van der Waals surface area contributed by atoms with Crippen molar-refractivity contribution in [3.05, 3.63) is 406 Å². The van der Waals surface area contributed by atoms with Crippen LogP contribution in [-0.4, -0.2) is 46.3 Å². The van der Waals surface area contributed by atoms with Crippen molar-refractivity contribution < 1.29 is 0 Å². The molecule has 0 fully saturated rings. The summed E-state index contributed by atoms with van der Waals surface area (Å²) in [5, 5.41) is 11.4. The molecule has 22 aromatic rings. The SMILES string of the molecule is CC(C)(C)c1ccc(-c2cc(-c3ccc(-n4c5ccccc5c5cc(-c6ccc7c(c6)c6ccccc6n7-c6ccccc6)ccc54)cc3)nc(-c3ccccc3)n2)cc1.C[Si](C)(C)c1ccc(-n2c3ccccc3c3cc(-c4ccc5c(c4)c4ccccc4n5-c4ccc(-c5cc(-c6ccccc6)nc(-c6ccccc6)n5)cc4)ccc32)cc1. The van der Waals surface area contributed by atoms with E-state index in [9.17, 15) is 0 Å². The monoisotopic (exact) mass is 1560 g/mol. The van der Waals surface area contributed by atoms with Crippen molar-refractivity contribution in [3.8, 4) is 113 Å². The molecule has 0 unspecified atom stereocenters. The number of fused-ring (bicyclic) bond motifs is 12. The van der Waals surface area contributed by atoms with Crippen LogP contribution in [0, 0.1) is 0 Å². The molecule has 0 atom stereocenters. The van der Waals surface area contributed by atoms with Gasteiger partial charge in [0.15, 0.2) is 11.6 Å². The van der Waals surface area contributed by atoms with Gasteiger partial charge in [0.25, 0.3) is 0 Å². The van der Waals surface area contributed by atoms with E-state index in [-0.39, 0.29) is 5.41 Å². The van der Waals surface area contributed by atoms with Crippen LogP contribution in [0.1, 0.15) is 26.3 Å². The molecular weight excluding hydrogens is 1470 g/mol. The molecule has 0 aliphatic carbocycles. The van der Waals surface area contributed by atoms with Crippen LogP contribution < -0.4 is 5.19 Å². The Morgan fingerprint density at radius 1 is 0.200 bits per heavy atom. The van der Waals surface area contributed by atoms with Crippen LogP contribution in [-0.2, 0) is 5.41 Å². The zero-order valence-corrected chi connectivity index (χ0v) is 68.7. The smallest absolute Gasteiger partial charge is 0.160 e. The van der Waals surface area contributed by atoms with Gasteiger partial charge in [-0.2, -0.15) is 0 Å². The van der Waals surface area contributed by atoms with Gasteiger partial charge < -0.3 is 18.3 Å². The first-order valence-corrected chi connectivity index (χ1v) is 44.8. The molecule has 0 aliphatic rings. The second-order valence-electron chi connectivity index (χ2n) is 33.4. The van der Waals surface area contributed by atoms with Gasteiger partial charge in [-0.25, -0.2) is 19.9 Å². The number of aromatic nitrogens is 8. The van der Waals surface area contributed by atoms with Crippen molar-refractivity contribution in [1.29, 1.82) is 0 Å². The number of nitrogens with zero attached hydrogens (tertiary/aromatic N) is 8. The predicted octanol–water partition coefficient (Wildman–Crippen LogP) is 28.5. The average molecular weight is 1560 g/mol. The van der Waals surface area contributed by atoms with Gasteiger partial charge in [-0.05, 0) is 167 Å². The fourth-order valence-corrected chi connectivity index (χ4v) is 18.8. The maximum atomic E-state index is 5.12. The van der Waals surface area contributed by atoms with Gasteiger partial charge in [-0.15, -0.1) is 0 Å². The molecule has 6 heterocycles. The lowest BCUT2D eigenvalue weighted by atomic mass is 9.86. The summed E-state index contributed by atoms with van der Waals surface area (Å²) >= 11 is 0. The summed E-state index contributed by atoms with van der Waals surface area (Å²) in [4.78, 5) is 20.3. The van der Waals surface area contributed by atoms with Crippen LogP contribution in [0.3, 0.4) is 0 Å². The average Bonchev–Trinajstić information content (AvgIpc) is 1.59. The minimum atomic E-state index is -1.40. The molecule has 0 bridgehead atoms. The van der Waals surface area contributed by atoms with Crippen molar-refractivity contribution >= 4 is 100 Å². The van der Waals surface area contributed by atoms with Crippen molar-refractivity contribution in [1.82, 2.24) is 38.2 Å². The Balaban J connectivity index is 0.000000148. The lowest BCUT2D eigenvalue weighted by Crippen LogP contribution is -2.37. The van der Waals surface area contributed by atoms with E-state index in [4.69, 9.17) is 19.9 Å². The number of rotatable bonds is 13. The van der Waals surface area contributed by atoms with Crippen LogP contribution in [0.25, 0.3) is 200 Å². The highest BCUT2D eigenvalue weighted by Crippen LogP contribution is 2.43. The lowest BCUT2D eigenvalue weighted by molar-refractivity contribution is 0.590. The fourth-order valence-electron chi connectivity index (χ4n) is 17.6. The molecule has 8 nitrogen and oxygen atoms in total. The quantitative estimate of drug-likeness (QED) is 0.108. The van der Waals surface area contributed by atoms with Crippen LogP contribution in [0.15, 0.2) is 400 Å². The second kappa shape index (κ2) is 29.7. The van der Waals surface area contributed by atoms with Crippen LogP contribution >= 0.6 is 0 Å². The molecule has 0 saturated carbocycles. The van der Waals surface area contributed by atoms with Gasteiger partial charge in [-0.3, -0.25) is 0 Å². The number of hydrogen-bond acceptors (Lipinski definition) is 4. The molecule has 0 amide bonds. The van der Waals surface area contributed by atoms with Crippen LogP contribution in [0.2, 0.25) is 19.6 Å². The summed E-state index contributed by atoms with van der Waals surface area (Å²) in [5.74, 6) is 1.43. The van der Waals surface area contributed by atoms with Crippen LogP contribution in [0.5, 0.6) is 0 Å². The Bertz CT molecular complexity index is 7600. The zero-order chi connectivity index (χ0) is 80.7. The first-order chi connectivity index (χ1) is 58.7. The van der Waals surface area contributed by atoms with Gasteiger partial charge in [-0.1, -0.05) is 313 Å². The highest BCUT2D eigenvalue weighted by molar-refractivity contribution is 6.88. The summed E-state index contributed by atoms with van der Waals surface area (Å²) in [6, 6.07) is 144. The number of para-hydroxylation sites is 5. The Labute approximate surface area is 698 Å². The maximum absolute atomic E-state index is 5.12. The predicted molar refractivity (Wildman–Crippen MR) is 507 cm³/mol. The van der Waals surface area contributed by atoms with Crippen molar-refractivity contribution in [3.63, 3.8) is 0 Å². The lowest BCUT2D eigenvalue weighted by Gasteiger charge is -2.19. The van der Waals surface area contributed by atoms with E-state index in [0.29, 0.717) is 11.6 Å². The molecule has 22 rings (SSSR count). The Kier molecular flexibility index (Phi) is 18.0. The normalized spacial score (nSPS) is 11.9. The van der Waals surface area contributed by atoms with Crippen molar-refractivity contribution in [2.75, 3.05) is 0 Å². The van der Waals surface area contributed by atoms with Gasteiger partial charge in [0.05, 0.1) is 75.0 Å². The van der Waals surface area contributed by atoms with E-state index in [1.54, 1.807) is 0 Å². The van der Waals surface area contributed by atoms with E-state index in [2.05, 4.69) is 417 Å².